The van der Waals surface area contributed by atoms with Gasteiger partial charge in [-0.3, -0.25) is 4.90 Å². The van der Waals surface area contributed by atoms with E-state index < -0.39 is 10.0 Å². The van der Waals surface area contributed by atoms with Crippen molar-refractivity contribution in [3.63, 3.8) is 0 Å². The molecule has 156 valence electrons. The van der Waals surface area contributed by atoms with Crippen molar-refractivity contribution in [1.29, 1.82) is 0 Å². The van der Waals surface area contributed by atoms with Crippen LogP contribution in [0.5, 0.6) is 0 Å². The van der Waals surface area contributed by atoms with E-state index in [2.05, 4.69) is 9.62 Å². The van der Waals surface area contributed by atoms with Crippen LogP contribution in [0.3, 0.4) is 0 Å². The first-order valence-corrected chi connectivity index (χ1v) is 11.9. The molecule has 0 aromatic heterocycles. The largest absolute Gasteiger partial charge is 0.289 e. The van der Waals surface area contributed by atoms with Crippen LogP contribution < -0.4 is 4.72 Å². The highest BCUT2D eigenvalue weighted by Crippen LogP contribution is 2.34. The first-order chi connectivity index (χ1) is 14.3. The maximum atomic E-state index is 12.7. The summed E-state index contributed by atoms with van der Waals surface area (Å²) in [6.45, 7) is 3.16. The molecule has 0 unspecified atom stereocenters. The van der Waals surface area contributed by atoms with Gasteiger partial charge in [0.15, 0.2) is 0 Å². The molecular formula is C23H22Cl2N2O2S. The lowest BCUT2D eigenvalue weighted by Gasteiger charge is -2.44. The van der Waals surface area contributed by atoms with Crippen LogP contribution in [0.1, 0.15) is 22.7 Å². The van der Waals surface area contributed by atoms with Crippen LogP contribution >= 0.6 is 23.2 Å². The van der Waals surface area contributed by atoms with Crippen molar-refractivity contribution >= 4 is 33.2 Å². The SMILES string of the molecule is Cc1ccc(S(=O)(=O)NC2CN(C(c3ccc(Cl)cc3)c3ccc(Cl)cc3)C2)cc1. The Morgan fingerprint density at radius 3 is 1.77 bits per heavy atom. The number of rotatable bonds is 6. The highest BCUT2D eigenvalue weighted by molar-refractivity contribution is 7.89. The molecule has 1 aliphatic heterocycles. The topological polar surface area (TPSA) is 49.4 Å². The van der Waals surface area contributed by atoms with Crippen LogP contribution in [-0.2, 0) is 10.0 Å². The van der Waals surface area contributed by atoms with Crippen LogP contribution in [0.4, 0.5) is 0 Å². The number of sulfonamides is 1. The minimum absolute atomic E-state index is 0.000313. The quantitative estimate of drug-likeness (QED) is 0.559. The molecule has 0 aliphatic carbocycles. The van der Waals surface area contributed by atoms with Gasteiger partial charge >= 0.3 is 0 Å². The second-order valence-electron chi connectivity index (χ2n) is 7.59. The molecular weight excluding hydrogens is 439 g/mol. The highest BCUT2D eigenvalue weighted by atomic mass is 35.5. The van der Waals surface area contributed by atoms with Gasteiger partial charge < -0.3 is 0 Å². The third-order valence-electron chi connectivity index (χ3n) is 5.30. The Kier molecular flexibility index (Phi) is 6.19. The first-order valence-electron chi connectivity index (χ1n) is 9.66. The molecule has 4 nitrogen and oxygen atoms in total. The summed E-state index contributed by atoms with van der Waals surface area (Å²) in [5.74, 6) is 0. The van der Waals surface area contributed by atoms with Crippen molar-refractivity contribution in [1.82, 2.24) is 9.62 Å². The number of halogens is 2. The van der Waals surface area contributed by atoms with Gasteiger partial charge in [0.25, 0.3) is 0 Å². The fourth-order valence-corrected chi connectivity index (χ4v) is 5.18. The summed E-state index contributed by atoms with van der Waals surface area (Å²) in [6, 6.07) is 22.3. The zero-order valence-electron chi connectivity index (χ0n) is 16.4. The average Bonchev–Trinajstić information content (AvgIpc) is 2.69. The molecule has 1 saturated heterocycles. The minimum atomic E-state index is -3.54. The highest BCUT2D eigenvalue weighted by Gasteiger charge is 2.36. The normalized spacial score (nSPS) is 15.3. The van der Waals surface area contributed by atoms with Crippen molar-refractivity contribution in [3.05, 3.63) is 99.5 Å². The van der Waals surface area contributed by atoms with Gasteiger partial charge in [0, 0.05) is 29.2 Å². The summed E-state index contributed by atoms with van der Waals surface area (Å²) in [5, 5.41) is 1.36. The standard InChI is InChI=1S/C23H22Cl2N2O2S/c1-16-2-12-22(13-3-16)30(28,29)26-21-14-27(15-21)23(17-4-8-19(24)9-5-17)18-6-10-20(25)11-7-18/h2-13,21,23,26H,14-15H2,1H3. The molecule has 0 atom stereocenters. The van der Waals surface area contributed by atoms with Crippen LogP contribution in [0, 0.1) is 6.92 Å². The van der Waals surface area contributed by atoms with Gasteiger partial charge in [0.1, 0.15) is 0 Å². The molecule has 1 aliphatic rings. The van der Waals surface area contributed by atoms with E-state index in [0.717, 1.165) is 16.7 Å². The van der Waals surface area contributed by atoms with Crippen LogP contribution in [0.2, 0.25) is 10.0 Å². The van der Waals surface area contributed by atoms with Crippen molar-refractivity contribution in [2.75, 3.05) is 13.1 Å². The second kappa shape index (κ2) is 8.69. The zero-order valence-corrected chi connectivity index (χ0v) is 18.8. The van der Waals surface area contributed by atoms with Crippen molar-refractivity contribution in [2.45, 2.75) is 23.9 Å². The van der Waals surface area contributed by atoms with E-state index in [0.29, 0.717) is 28.0 Å². The van der Waals surface area contributed by atoms with E-state index in [9.17, 15) is 8.42 Å². The molecule has 7 heteroatoms. The van der Waals surface area contributed by atoms with Crippen LogP contribution in [0.25, 0.3) is 0 Å². The predicted octanol–water partition coefficient (Wildman–Crippen LogP) is 5.05. The molecule has 0 saturated carbocycles. The summed E-state index contributed by atoms with van der Waals surface area (Å²) >= 11 is 12.1. The summed E-state index contributed by atoms with van der Waals surface area (Å²) in [4.78, 5) is 2.54. The van der Waals surface area contributed by atoms with Gasteiger partial charge in [0.2, 0.25) is 10.0 Å². The molecule has 4 rings (SSSR count). The predicted molar refractivity (Wildman–Crippen MR) is 122 cm³/mol. The molecule has 0 radical (unpaired) electrons. The minimum Gasteiger partial charge on any atom is -0.289 e. The Labute approximate surface area is 187 Å². The molecule has 0 amide bonds. The first kappa shape index (κ1) is 21.3. The maximum Gasteiger partial charge on any atom is 0.240 e. The Balaban J connectivity index is 1.51. The van der Waals surface area contributed by atoms with Gasteiger partial charge in [-0.15, -0.1) is 0 Å². The molecule has 1 heterocycles. The Morgan fingerprint density at radius 2 is 1.30 bits per heavy atom. The van der Waals surface area contributed by atoms with Crippen molar-refractivity contribution < 1.29 is 8.42 Å². The second-order valence-corrected chi connectivity index (χ2v) is 10.2. The lowest BCUT2D eigenvalue weighted by Crippen LogP contribution is -2.60. The van der Waals surface area contributed by atoms with E-state index in [-0.39, 0.29) is 12.1 Å². The Hall–Kier alpha value is -1.89. The molecule has 1 fully saturated rings. The van der Waals surface area contributed by atoms with E-state index in [4.69, 9.17) is 23.2 Å². The van der Waals surface area contributed by atoms with Crippen LogP contribution in [-0.4, -0.2) is 32.4 Å². The van der Waals surface area contributed by atoms with Crippen molar-refractivity contribution in [3.8, 4) is 0 Å². The molecule has 1 N–H and O–H groups in total. The summed E-state index contributed by atoms with van der Waals surface area (Å²) in [7, 11) is -3.54. The number of aryl methyl sites for hydroxylation is 1. The number of nitrogens with zero attached hydrogens (tertiary/aromatic N) is 1. The molecule has 3 aromatic carbocycles. The van der Waals surface area contributed by atoms with Crippen molar-refractivity contribution in [2.24, 2.45) is 0 Å². The number of nitrogens with one attached hydrogen (secondary N) is 1. The summed E-state index contributed by atoms with van der Waals surface area (Å²) in [5.41, 5.74) is 3.22. The Morgan fingerprint density at radius 1 is 0.833 bits per heavy atom. The van der Waals surface area contributed by atoms with Gasteiger partial charge in [0.05, 0.1) is 10.9 Å². The number of likely N-dealkylation sites (tertiary alicyclic amines) is 1. The lowest BCUT2D eigenvalue weighted by atomic mass is 9.93. The van der Waals surface area contributed by atoms with Gasteiger partial charge in [-0.25, -0.2) is 13.1 Å². The van der Waals surface area contributed by atoms with E-state index in [1.807, 2.05) is 55.5 Å². The van der Waals surface area contributed by atoms with Gasteiger partial charge in [-0.2, -0.15) is 0 Å². The fraction of sp³-hybridized carbons (Fsp3) is 0.217. The molecule has 3 aromatic rings. The van der Waals surface area contributed by atoms with E-state index >= 15 is 0 Å². The average molecular weight is 461 g/mol. The lowest BCUT2D eigenvalue weighted by molar-refractivity contribution is 0.105. The molecule has 0 spiro atoms. The Bertz CT molecular complexity index is 1060. The molecule has 30 heavy (non-hydrogen) atoms. The maximum absolute atomic E-state index is 12.7. The van der Waals surface area contributed by atoms with Gasteiger partial charge in [-0.1, -0.05) is 65.2 Å². The summed E-state index contributed by atoms with van der Waals surface area (Å²) in [6.07, 6.45) is 0. The monoisotopic (exact) mass is 460 g/mol. The van der Waals surface area contributed by atoms with Gasteiger partial charge in [-0.05, 0) is 54.4 Å². The number of benzene rings is 3. The van der Waals surface area contributed by atoms with E-state index in [1.54, 1.807) is 24.3 Å². The molecule has 0 bridgehead atoms. The summed E-state index contributed by atoms with van der Waals surface area (Å²) < 4.78 is 28.2. The smallest absolute Gasteiger partial charge is 0.240 e. The third-order valence-corrected chi connectivity index (χ3v) is 7.34. The van der Waals surface area contributed by atoms with Crippen LogP contribution in [0.15, 0.2) is 77.7 Å². The fourth-order valence-electron chi connectivity index (χ4n) is 3.71. The zero-order chi connectivity index (χ0) is 21.3. The number of hydrogen-bond donors (Lipinski definition) is 1. The van der Waals surface area contributed by atoms with E-state index in [1.165, 1.54) is 0 Å². The third kappa shape index (κ3) is 4.71. The number of hydrogen-bond acceptors (Lipinski definition) is 3.